The van der Waals surface area contributed by atoms with Crippen LogP contribution in [0.15, 0.2) is 18.2 Å². The minimum Gasteiger partial charge on any atom is -0.395 e. The molecule has 0 saturated carbocycles. The number of aliphatic hydroxyl groups excluding tert-OH is 1. The minimum atomic E-state index is -0.721. The van der Waals surface area contributed by atoms with Crippen molar-refractivity contribution in [3.05, 3.63) is 40.4 Å². The van der Waals surface area contributed by atoms with Gasteiger partial charge in [-0.05, 0) is 19.1 Å². The summed E-state index contributed by atoms with van der Waals surface area (Å²) in [7, 11) is 0. The average molecular weight is 298 g/mol. The van der Waals surface area contributed by atoms with E-state index in [0.29, 0.717) is 5.69 Å². The Hall–Kier alpha value is -1.86. The quantitative estimate of drug-likeness (QED) is 0.909. The number of hydrogen-bond acceptors (Lipinski definition) is 4. The highest BCUT2D eigenvalue weighted by Gasteiger charge is 2.20. The molecule has 20 heavy (non-hydrogen) atoms. The molecular formula is C13H12F2N2O2S. The molecule has 2 aromatic rings. The Labute approximate surface area is 118 Å². The summed E-state index contributed by atoms with van der Waals surface area (Å²) in [4.78, 5) is 16.1. The molecule has 2 N–H and O–H groups in total. The number of carbonyl (C=O) groups excluding carboxylic acids is 1. The van der Waals surface area contributed by atoms with Gasteiger partial charge in [-0.25, -0.2) is 13.8 Å². The van der Waals surface area contributed by atoms with Gasteiger partial charge < -0.3 is 10.4 Å². The molecule has 1 heterocycles. The van der Waals surface area contributed by atoms with E-state index in [9.17, 15) is 13.6 Å². The summed E-state index contributed by atoms with van der Waals surface area (Å²) in [5, 5.41) is 11.3. The Morgan fingerprint density at radius 2 is 2.05 bits per heavy atom. The third-order valence-corrected chi connectivity index (χ3v) is 3.75. The Kier molecular flexibility index (Phi) is 4.41. The molecule has 0 saturated heterocycles. The maximum Gasteiger partial charge on any atom is 0.263 e. The van der Waals surface area contributed by atoms with Crippen LogP contribution >= 0.6 is 11.3 Å². The zero-order valence-electron chi connectivity index (χ0n) is 10.6. The molecule has 1 aromatic heterocycles. The summed E-state index contributed by atoms with van der Waals surface area (Å²) < 4.78 is 27.3. The second kappa shape index (κ2) is 6.06. The predicted octanol–water partition coefficient (Wildman–Crippen LogP) is 2.12. The number of rotatable bonds is 4. The van der Waals surface area contributed by atoms with Gasteiger partial charge in [-0.15, -0.1) is 11.3 Å². The van der Waals surface area contributed by atoms with Crippen molar-refractivity contribution in [2.45, 2.75) is 6.92 Å². The molecule has 0 unspecified atom stereocenters. The smallest absolute Gasteiger partial charge is 0.263 e. The summed E-state index contributed by atoms with van der Waals surface area (Å²) in [5.74, 6) is -1.86. The summed E-state index contributed by atoms with van der Waals surface area (Å²) in [5.41, 5.74) is 0.157. The van der Waals surface area contributed by atoms with E-state index < -0.39 is 17.5 Å². The number of carbonyl (C=O) groups is 1. The van der Waals surface area contributed by atoms with Crippen molar-refractivity contribution in [1.29, 1.82) is 0 Å². The van der Waals surface area contributed by atoms with Gasteiger partial charge in [0.15, 0.2) is 0 Å². The number of nitrogens with one attached hydrogen (secondary N) is 1. The lowest BCUT2D eigenvalue weighted by Crippen LogP contribution is -2.26. The number of hydrogen-bond donors (Lipinski definition) is 2. The van der Waals surface area contributed by atoms with Crippen LogP contribution in [0.2, 0.25) is 0 Å². The van der Waals surface area contributed by atoms with Gasteiger partial charge in [-0.1, -0.05) is 6.07 Å². The second-order valence-corrected chi connectivity index (χ2v) is 5.01. The standard InChI is InChI=1S/C13H12F2N2O2S/c1-7-11(12(19)16-5-6-18)20-13(17-7)10-8(14)3-2-4-9(10)15/h2-4,18H,5-6H2,1H3,(H,16,19). The largest absolute Gasteiger partial charge is 0.395 e. The van der Waals surface area contributed by atoms with Gasteiger partial charge in [0.25, 0.3) is 5.91 Å². The molecule has 1 aromatic carbocycles. The van der Waals surface area contributed by atoms with E-state index in [4.69, 9.17) is 5.11 Å². The highest BCUT2D eigenvalue weighted by Crippen LogP contribution is 2.31. The summed E-state index contributed by atoms with van der Waals surface area (Å²) >= 11 is 0.915. The van der Waals surface area contributed by atoms with Crippen molar-refractivity contribution in [1.82, 2.24) is 10.3 Å². The normalized spacial score (nSPS) is 10.6. The summed E-state index contributed by atoms with van der Waals surface area (Å²) in [6, 6.07) is 3.55. The number of nitrogens with zero attached hydrogens (tertiary/aromatic N) is 1. The molecule has 0 aliphatic heterocycles. The zero-order chi connectivity index (χ0) is 14.7. The highest BCUT2D eigenvalue weighted by molar-refractivity contribution is 7.17. The van der Waals surface area contributed by atoms with E-state index in [2.05, 4.69) is 10.3 Å². The Balaban J connectivity index is 2.39. The molecule has 7 heteroatoms. The fourth-order valence-electron chi connectivity index (χ4n) is 1.67. The third kappa shape index (κ3) is 2.83. The number of aryl methyl sites for hydroxylation is 1. The van der Waals surface area contributed by atoms with E-state index in [1.807, 2.05) is 0 Å². The lowest BCUT2D eigenvalue weighted by atomic mass is 10.2. The number of benzene rings is 1. The van der Waals surface area contributed by atoms with Crippen LogP contribution in [-0.2, 0) is 0 Å². The van der Waals surface area contributed by atoms with Crippen molar-refractivity contribution in [3.8, 4) is 10.6 Å². The molecule has 0 aliphatic carbocycles. The maximum absolute atomic E-state index is 13.7. The number of aromatic nitrogens is 1. The van der Waals surface area contributed by atoms with Gasteiger partial charge in [0.05, 0.1) is 17.9 Å². The Morgan fingerprint density at radius 1 is 1.40 bits per heavy atom. The zero-order valence-corrected chi connectivity index (χ0v) is 11.4. The number of halogens is 2. The lowest BCUT2D eigenvalue weighted by molar-refractivity contribution is 0.0948. The van der Waals surface area contributed by atoms with Crippen LogP contribution in [0.4, 0.5) is 8.78 Å². The molecule has 0 bridgehead atoms. The van der Waals surface area contributed by atoms with Gasteiger partial charge in [0.1, 0.15) is 21.5 Å². The van der Waals surface area contributed by atoms with Crippen molar-refractivity contribution in [3.63, 3.8) is 0 Å². The van der Waals surface area contributed by atoms with Gasteiger partial charge in [-0.3, -0.25) is 4.79 Å². The first-order chi connectivity index (χ1) is 9.54. The van der Waals surface area contributed by atoms with Crippen LogP contribution in [-0.4, -0.2) is 29.1 Å². The van der Waals surface area contributed by atoms with E-state index in [1.54, 1.807) is 6.92 Å². The van der Waals surface area contributed by atoms with Crippen LogP contribution in [0.5, 0.6) is 0 Å². The molecule has 0 aliphatic rings. The summed E-state index contributed by atoms with van der Waals surface area (Å²) in [6.45, 7) is 1.52. The fraction of sp³-hybridized carbons (Fsp3) is 0.231. The van der Waals surface area contributed by atoms with Gasteiger partial charge in [0, 0.05) is 6.54 Å². The first kappa shape index (κ1) is 14.5. The summed E-state index contributed by atoms with van der Waals surface area (Å²) in [6.07, 6.45) is 0. The topological polar surface area (TPSA) is 62.2 Å². The monoisotopic (exact) mass is 298 g/mol. The van der Waals surface area contributed by atoms with E-state index in [0.717, 1.165) is 23.5 Å². The Morgan fingerprint density at radius 3 is 2.65 bits per heavy atom. The van der Waals surface area contributed by atoms with Crippen molar-refractivity contribution < 1.29 is 18.7 Å². The SMILES string of the molecule is Cc1nc(-c2c(F)cccc2F)sc1C(=O)NCCO. The minimum absolute atomic E-state index is 0.111. The van der Waals surface area contributed by atoms with Gasteiger partial charge in [-0.2, -0.15) is 0 Å². The Bertz CT molecular complexity index is 623. The van der Waals surface area contributed by atoms with Crippen LogP contribution in [0.25, 0.3) is 10.6 Å². The molecule has 2 rings (SSSR count). The van der Waals surface area contributed by atoms with E-state index >= 15 is 0 Å². The lowest BCUT2D eigenvalue weighted by Gasteiger charge is -2.00. The molecule has 0 atom stereocenters. The van der Waals surface area contributed by atoms with Crippen LogP contribution in [0.3, 0.4) is 0 Å². The molecule has 1 amide bonds. The molecule has 0 spiro atoms. The third-order valence-electron chi connectivity index (χ3n) is 2.58. The van der Waals surface area contributed by atoms with Crippen LogP contribution < -0.4 is 5.32 Å². The number of aliphatic hydroxyl groups is 1. The second-order valence-electron chi connectivity index (χ2n) is 4.01. The number of thiazole rings is 1. The fourth-order valence-corrected chi connectivity index (χ4v) is 2.70. The molecule has 106 valence electrons. The van der Waals surface area contributed by atoms with Crippen LogP contribution in [0, 0.1) is 18.6 Å². The highest BCUT2D eigenvalue weighted by atomic mass is 32.1. The van der Waals surface area contributed by atoms with Crippen LogP contribution in [0.1, 0.15) is 15.4 Å². The first-order valence-electron chi connectivity index (χ1n) is 5.85. The molecule has 0 radical (unpaired) electrons. The van der Waals surface area contributed by atoms with Gasteiger partial charge >= 0.3 is 0 Å². The molecule has 0 fully saturated rings. The van der Waals surface area contributed by atoms with Crippen molar-refractivity contribution >= 4 is 17.2 Å². The predicted molar refractivity (Wildman–Crippen MR) is 71.6 cm³/mol. The number of amides is 1. The molecule has 4 nitrogen and oxygen atoms in total. The van der Waals surface area contributed by atoms with E-state index in [-0.39, 0.29) is 28.6 Å². The molecular weight excluding hydrogens is 286 g/mol. The van der Waals surface area contributed by atoms with Gasteiger partial charge in [0.2, 0.25) is 0 Å². The first-order valence-corrected chi connectivity index (χ1v) is 6.67. The average Bonchev–Trinajstić information content (AvgIpc) is 2.77. The van der Waals surface area contributed by atoms with Crippen molar-refractivity contribution in [2.75, 3.05) is 13.2 Å². The van der Waals surface area contributed by atoms with E-state index in [1.165, 1.54) is 6.07 Å². The maximum atomic E-state index is 13.7. The van der Waals surface area contributed by atoms with Crippen molar-refractivity contribution in [2.24, 2.45) is 0 Å².